The van der Waals surface area contributed by atoms with Gasteiger partial charge in [0.15, 0.2) is 11.5 Å². The van der Waals surface area contributed by atoms with Gasteiger partial charge in [0.2, 0.25) is 0 Å². The van der Waals surface area contributed by atoms with Crippen LogP contribution < -0.4 is 10.6 Å². The second-order valence-corrected chi connectivity index (χ2v) is 3.41. The van der Waals surface area contributed by atoms with Crippen LogP contribution in [0.4, 0.5) is 5.82 Å². The monoisotopic (exact) mass is 205 g/mol. The fraction of sp³-hybridized carbons (Fsp3) is 0.500. The lowest BCUT2D eigenvalue weighted by Gasteiger charge is -2.12. The molecule has 5 heteroatoms. The molecule has 0 aliphatic rings. The van der Waals surface area contributed by atoms with Crippen molar-refractivity contribution in [2.75, 3.05) is 25.5 Å². The summed E-state index contributed by atoms with van der Waals surface area (Å²) < 4.78 is 0. The number of aromatic nitrogens is 2. The Morgan fingerprint density at radius 3 is 2.80 bits per heavy atom. The van der Waals surface area contributed by atoms with E-state index in [0.717, 1.165) is 13.1 Å². The van der Waals surface area contributed by atoms with Crippen molar-refractivity contribution in [1.29, 1.82) is 5.26 Å². The first-order chi connectivity index (χ1) is 7.27. The van der Waals surface area contributed by atoms with Crippen LogP contribution in [0.2, 0.25) is 0 Å². The molecule has 1 unspecified atom stereocenters. The average Bonchev–Trinajstić information content (AvgIpc) is 2.27. The molecule has 0 spiro atoms. The maximum atomic E-state index is 8.78. The molecule has 1 aromatic heterocycles. The molecular weight excluding hydrogens is 190 g/mol. The topological polar surface area (TPSA) is 73.6 Å². The van der Waals surface area contributed by atoms with Gasteiger partial charge < -0.3 is 10.6 Å². The van der Waals surface area contributed by atoms with Crippen molar-refractivity contribution < 1.29 is 0 Å². The maximum Gasteiger partial charge on any atom is 0.182 e. The second kappa shape index (κ2) is 5.94. The van der Waals surface area contributed by atoms with Crippen molar-refractivity contribution in [1.82, 2.24) is 15.3 Å². The minimum Gasteiger partial charge on any atom is -0.367 e. The van der Waals surface area contributed by atoms with E-state index in [1.54, 1.807) is 6.20 Å². The fourth-order valence-electron chi connectivity index (χ4n) is 1.24. The molecule has 0 amide bonds. The molecule has 0 aliphatic heterocycles. The number of hydrogen-bond donors (Lipinski definition) is 2. The van der Waals surface area contributed by atoms with Crippen LogP contribution >= 0.6 is 0 Å². The van der Waals surface area contributed by atoms with Crippen LogP contribution in [0.5, 0.6) is 0 Å². The fourth-order valence-corrected chi connectivity index (χ4v) is 1.24. The molecule has 80 valence electrons. The highest BCUT2D eigenvalue weighted by molar-refractivity contribution is 5.46. The Labute approximate surface area is 89.6 Å². The van der Waals surface area contributed by atoms with Gasteiger partial charge in [-0.05, 0) is 19.5 Å². The molecule has 0 saturated heterocycles. The molecule has 2 N–H and O–H groups in total. The maximum absolute atomic E-state index is 8.78. The molecule has 1 heterocycles. The molecule has 1 atom stereocenters. The zero-order valence-electron chi connectivity index (χ0n) is 8.99. The van der Waals surface area contributed by atoms with E-state index in [1.165, 1.54) is 6.20 Å². The predicted molar refractivity (Wildman–Crippen MR) is 58.3 cm³/mol. The molecule has 1 aromatic rings. The second-order valence-electron chi connectivity index (χ2n) is 3.41. The highest BCUT2D eigenvalue weighted by atomic mass is 15.0. The number of nitrogens with zero attached hydrogens (tertiary/aromatic N) is 3. The van der Waals surface area contributed by atoms with Crippen LogP contribution in [-0.2, 0) is 0 Å². The highest BCUT2D eigenvalue weighted by Crippen LogP contribution is 2.07. The summed E-state index contributed by atoms with van der Waals surface area (Å²) in [5.41, 5.74) is 0.342. The minimum absolute atomic E-state index is 0.342. The number of anilines is 1. The van der Waals surface area contributed by atoms with Gasteiger partial charge in [-0.3, -0.25) is 0 Å². The summed E-state index contributed by atoms with van der Waals surface area (Å²) in [6.45, 7) is 3.81. The van der Waals surface area contributed by atoms with Gasteiger partial charge in [-0.15, -0.1) is 0 Å². The third-order valence-electron chi connectivity index (χ3n) is 1.97. The molecule has 5 nitrogen and oxygen atoms in total. The first-order valence-electron chi connectivity index (χ1n) is 4.87. The van der Waals surface area contributed by atoms with Gasteiger partial charge >= 0.3 is 0 Å². The van der Waals surface area contributed by atoms with E-state index < -0.39 is 0 Å². The van der Waals surface area contributed by atoms with Gasteiger partial charge in [0.05, 0.1) is 0 Å². The first-order valence-corrected chi connectivity index (χ1v) is 4.87. The van der Waals surface area contributed by atoms with Crippen LogP contribution in [0.25, 0.3) is 0 Å². The van der Waals surface area contributed by atoms with E-state index in [1.807, 2.05) is 13.1 Å². The smallest absolute Gasteiger partial charge is 0.182 e. The Morgan fingerprint density at radius 1 is 1.40 bits per heavy atom. The summed E-state index contributed by atoms with van der Waals surface area (Å²) in [6, 6.07) is 2.00. The van der Waals surface area contributed by atoms with E-state index >= 15 is 0 Å². The molecule has 1 rings (SSSR count). The third-order valence-corrected chi connectivity index (χ3v) is 1.97. The van der Waals surface area contributed by atoms with Gasteiger partial charge in [0.25, 0.3) is 0 Å². The predicted octanol–water partition coefficient (Wildman–Crippen LogP) is 0.616. The summed E-state index contributed by atoms with van der Waals surface area (Å²) in [6.07, 6.45) is 3.09. The largest absolute Gasteiger partial charge is 0.367 e. The Balaban J connectivity index is 2.54. The minimum atomic E-state index is 0.342. The third kappa shape index (κ3) is 3.52. The van der Waals surface area contributed by atoms with Crippen LogP contribution in [-0.4, -0.2) is 30.1 Å². The van der Waals surface area contributed by atoms with Crippen molar-refractivity contribution >= 4 is 5.82 Å². The van der Waals surface area contributed by atoms with E-state index in [9.17, 15) is 0 Å². The molecule has 0 fully saturated rings. The van der Waals surface area contributed by atoms with Crippen molar-refractivity contribution in [2.45, 2.75) is 6.92 Å². The van der Waals surface area contributed by atoms with E-state index in [0.29, 0.717) is 17.4 Å². The molecule has 0 radical (unpaired) electrons. The van der Waals surface area contributed by atoms with E-state index in [4.69, 9.17) is 5.26 Å². The number of hydrogen-bond acceptors (Lipinski definition) is 5. The van der Waals surface area contributed by atoms with E-state index in [-0.39, 0.29) is 0 Å². The van der Waals surface area contributed by atoms with Gasteiger partial charge in [-0.2, -0.15) is 5.26 Å². The Kier molecular flexibility index (Phi) is 4.51. The van der Waals surface area contributed by atoms with Crippen LogP contribution in [0, 0.1) is 17.2 Å². The normalized spacial score (nSPS) is 11.8. The van der Waals surface area contributed by atoms with Crippen molar-refractivity contribution in [3.05, 3.63) is 18.1 Å². The summed E-state index contributed by atoms with van der Waals surface area (Å²) in [7, 11) is 1.92. The first kappa shape index (κ1) is 11.4. The van der Waals surface area contributed by atoms with Gasteiger partial charge in [0, 0.05) is 18.9 Å². The summed E-state index contributed by atoms with van der Waals surface area (Å²) in [5.74, 6) is 1.03. The molecular formula is C10H15N5. The Morgan fingerprint density at radius 2 is 2.13 bits per heavy atom. The lowest BCUT2D eigenvalue weighted by molar-refractivity contribution is 0.568. The number of nitriles is 1. The summed E-state index contributed by atoms with van der Waals surface area (Å²) in [5, 5.41) is 15.0. The lowest BCUT2D eigenvalue weighted by atomic mass is 10.2. The Bertz CT molecular complexity index is 344. The standard InChI is InChI=1S/C10H15N5/c1-8(6-12-2)7-15-10-9(5-11)13-3-4-14-10/h3-4,8,12H,6-7H2,1-2H3,(H,14,15). The molecule has 0 saturated carbocycles. The average molecular weight is 205 g/mol. The Hall–Kier alpha value is -1.67. The van der Waals surface area contributed by atoms with Gasteiger partial charge in [-0.1, -0.05) is 6.92 Å². The quantitative estimate of drug-likeness (QED) is 0.737. The highest BCUT2D eigenvalue weighted by Gasteiger charge is 2.05. The lowest BCUT2D eigenvalue weighted by Crippen LogP contribution is -2.23. The molecule has 0 aromatic carbocycles. The zero-order chi connectivity index (χ0) is 11.1. The number of rotatable bonds is 5. The van der Waals surface area contributed by atoms with Crippen LogP contribution in [0.1, 0.15) is 12.6 Å². The zero-order valence-corrected chi connectivity index (χ0v) is 8.99. The van der Waals surface area contributed by atoms with Crippen LogP contribution in [0.15, 0.2) is 12.4 Å². The van der Waals surface area contributed by atoms with E-state index in [2.05, 4.69) is 27.5 Å². The van der Waals surface area contributed by atoms with Crippen molar-refractivity contribution in [2.24, 2.45) is 5.92 Å². The summed E-state index contributed by atoms with van der Waals surface area (Å²) >= 11 is 0. The molecule has 0 aliphatic carbocycles. The van der Waals surface area contributed by atoms with Gasteiger partial charge in [0.1, 0.15) is 6.07 Å². The number of nitrogens with one attached hydrogen (secondary N) is 2. The molecule has 0 bridgehead atoms. The molecule has 15 heavy (non-hydrogen) atoms. The summed E-state index contributed by atoms with van der Waals surface area (Å²) in [4.78, 5) is 7.98. The van der Waals surface area contributed by atoms with Gasteiger partial charge in [-0.25, -0.2) is 9.97 Å². The van der Waals surface area contributed by atoms with Crippen molar-refractivity contribution in [3.8, 4) is 6.07 Å². The SMILES string of the molecule is CNCC(C)CNc1nccnc1C#N. The van der Waals surface area contributed by atoms with Crippen LogP contribution in [0.3, 0.4) is 0 Å². The van der Waals surface area contributed by atoms with Crippen molar-refractivity contribution in [3.63, 3.8) is 0 Å².